The Balaban J connectivity index is 1.41. The summed E-state index contributed by atoms with van der Waals surface area (Å²) in [5.41, 5.74) is 2.17. The number of aromatic nitrogens is 1. The van der Waals surface area contributed by atoms with E-state index in [2.05, 4.69) is 26.2 Å². The lowest BCUT2D eigenvalue weighted by Gasteiger charge is -2.31. The normalized spacial score (nSPS) is 15.5. The van der Waals surface area contributed by atoms with Crippen LogP contribution in [0.2, 0.25) is 10.0 Å². The van der Waals surface area contributed by atoms with Gasteiger partial charge in [-0.1, -0.05) is 51.3 Å². The van der Waals surface area contributed by atoms with Gasteiger partial charge in [0.15, 0.2) is 15.0 Å². The highest BCUT2D eigenvalue weighted by Gasteiger charge is 2.33. The van der Waals surface area contributed by atoms with Crippen molar-refractivity contribution < 1.29 is 8.42 Å². The number of rotatable bonds is 5. The van der Waals surface area contributed by atoms with Gasteiger partial charge in [-0.25, -0.2) is 13.4 Å². The summed E-state index contributed by atoms with van der Waals surface area (Å²) in [6, 6.07) is 12.7. The number of hydrogen-bond acceptors (Lipinski definition) is 5. The molecular weight excluding hydrogens is 527 g/mol. The minimum atomic E-state index is -3.46. The number of piperidine rings is 1. The molecule has 9 heteroatoms. The molecule has 0 atom stereocenters. The van der Waals surface area contributed by atoms with Gasteiger partial charge in [0.25, 0.3) is 0 Å². The predicted octanol–water partition coefficient (Wildman–Crippen LogP) is 6.25. The third-order valence-corrected chi connectivity index (χ3v) is 9.63. The molecule has 0 saturated carbocycles. The minimum absolute atomic E-state index is 0.213. The Hall–Kier alpha value is -1.12. The first kappa shape index (κ1) is 22.1. The number of sulfone groups is 1. The molecule has 0 N–H and O–H groups in total. The van der Waals surface area contributed by atoms with Crippen molar-refractivity contribution in [1.29, 1.82) is 0 Å². The van der Waals surface area contributed by atoms with Gasteiger partial charge in [-0.3, -0.25) is 0 Å². The molecule has 3 aromatic rings. The van der Waals surface area contributed by atoms with Crippen molar-refractivity contribution >= 4 is 65.4 Å². The zero-order valence-electron chi connectivity index (χ0n) is 15.9. The SMILES string of the molecule is O=S(=O)(c1ccc(Br)cc1Cl)C1CCN(c2nc(Cc3ccc(Cl)cc3)cs2)CC1. The summed E-state index contributed by atoms with van der Waals surface area (Å²) in [7, 11) is -3.46. The first-order chi connectivity index (χ1) is 14.3. The van der Waals surface area contributed by atoms with E-state index in [9.17, 15) is 8.42 Å². The van der Waals surface area contributed by atoms with Gasteiger partial charge in [0.1, 0.15) is 0 Å². The van der Waals surface area contributed by atoms with Crippen LogP contribution in [0.1, 0.15) is 24.1 Å². The van der Waals surface area contributed by atoms with E-state index in [1.807, 2.05) is 24.3 Å². The molecule has 0 amide bonds. The average Bonchev–Trinajstić information content (AvgIpc) is 3.18. The van der Waals surface area contributed by atoms with Crippen molar-refractivity contribution in [2.45, 2.75) is 29.4 Å². The van der Waals surface area contributed by atoms with Crippen LogP contribution in [0.25, 0.3) is 0 Å². The molecule has 1 saturated heterocycles. The van der Waals surface area contributed by atoms with Crippen molar-refractivity contribution in [1.82, 2.24) is 4.98 Å². The molecule has 158 valence electrons. The van der Waals surface area contributed by atoms with Gasteiger partial charge in [-0.05, 0) is 48.7 Å². The molecule has 2 heterocycles. The van der Waals surface area contributed by atoms with Gasteiger partial charge in [-0.2, -0.15) is 0 Å². The summed E-state index contributed by atoms with van der Waals surface area (Å²) in [4.78, 5) is 7.14. The molecule has 0 bridgehead atoms. The summed E-state index contributed by atoms with van der Waals surface area (Å²) >= 11 is 17.1. The number of nitrogens with zero attached hydrogens (tertiary/aromatic N) is 2. The fraction of sp³-hybridized carbons (Fsp3) is 0.286. The van der Waals surface area contributed by atoms with Crippen LogP contribution in [0, 0.1) is 0 Å². The molecule has 30 heavy (non-hydrogen) atoms. The second kappa shape index (κ2) is 9.17. The summed E-state index contributed by atoms with van der Waals surface area (Å²) in [6.07, 6.45) is 1.86. The number of halogens is 3. The van der Waals surface area contributed by atoms with E-state index in [-0.39, 0.29) is 9.92 Å². The Kier molecular flexibility index (Phi) is 6.75. The lowest BCUT2D eigenvalue weighted by Crippen LogP contribution is -2.39. The van der Waals surface area contributed by atoms with Gasteiger partial charge in [0.2, 0.25) is 0 Å². The molecule has 0 radical (unpaired) electrons. The number of benzene rings is 2. The quantitative estimate of drug-likeness (QED) is 0.380. The predicted molar refractivity (Wildman–Crippen MR) is 128 cm³/mol. The van der Waals surface area contributed by atoms with Crippen molar-refractivity contribution in [3.05, 3.63) is 73.6 Å². The smallest absolute Gasteiger partial charge is 0.185 e. The van der Waals surface area contributed by atoms with E-state index < -0.39 is 15.1 Å². The summed E-state index contributed by atoms with van der Waals surface area (Å²) in [6.45, 7) is 1.32. The van der Waals surface area contributed by atoms with Crippen LogP contribution in [0.4, 0.5) is 5.13 Å². The first-order valence-corrected chi connectivity index (χ1v) is 13.4. The van der Waals surface area contributed by atoms with Crippen LogP contribution in [0.3, 0.4) is 0 Å². The second-order valence-electron chi connectivity index (χ2n) is 7.23. The zero-order chi connectivity index (χ0) is 21.3. The van der Waals surface area contributed by atoms with Gasteiger partial charge in [-0.15, -0.1) is 11.3 Å². The molecule has 2 aromatic carbocycles. The number of thiazole rings is 1. The lowest BCUT2D eigenvalue weighted by molar-refractivity contribution is 0.529. The monoisotopic (exact) mass is 544 g/mol. The Bertz CT molecular complexity index is 1140. The maximum atomic E-state index is 13.1. The van der Waals surface area contributed by atoms with Gasteiger partial charge in [0, 0.05) is 34.4 Å². The van der Waals surface area contributed by atoms with Crippen molar-refractivity contribution in [3.63, 3.8) is 0 Å². The Morgan fingerprint density at radius 1 is 1.10 bits per heavy atom. The molecule has 1 aliphatic heterocycles. The van der Waals surface area contributed by atoms with Crippen molar-refractivity contribution in [3.8, 4) is 0 Å². The Labute approximate surface area is 198 Å². The van der Waals surface area contributed by atoms with Crippen molar-refractivity contribution in [2.75, 3.05) is 18.0 Å². The summed E-state index contributed by atoms with van der Waals surface area (Å²) in [5, 5.41) is 3.56. The maximum absolute atomic E-state index is 13.1. The molecule has 0 unspecified atom stereocenters. The van der Waals surface area contributed by atoms with E-state index in [1.54, 1.807) is 29.5 Å². The number of anilines is 1. The van der Waals surface area contributed by atoms with E-state index >= 15 is 0 Å². The van der Waals surface area contributed by atoms with Gasteiger partial charge < -0.3 is 4.90 Å². The molecule has 0 aliphatic carbocycles. The van der Waals surface area contributed by atoms with Crippen LogP contribution in [-0.4, -0.2) is 31.7 Å². The molecule has 1 aromatic heterocycles. The van der Waals surface area contributed by atoms with Crippen LogP contribution in [-0.2, 0) is 16.3 Å². The van der Waals surface area contributed by atoms with E-state index in [1.165, 1.54) is 0 Å². The van der Waals surface area contributed by atoms with Crippen molar-refractivity contribution in [2.24, 2.45) is 0 Å². The van der Waals surface area contributed by atoms with Gasteiger partial charge >= 0.3 is 0 Å². The van der Waals surface area contributed by atoms with E-state index in [0.29, 0.717) is 25.9 Å². The maximum Gasteiger partial charge on any atom is 0.185 e. The highest BCUT2D eigenvalue weighted by Crippen LogP contribution is 2.33. The zero-order valence-corrected chi connectivity index (χ0v) is 20.6. The highest BCUT2D eigenvalue weighted by atomic mass is 79.9. The third kappa shape index (κ3) is 4.86. The van der Waals surface area contributed by atoms with E-state index in [0.717, 1.165) is 32.3 Å². The third-order valence-electron chi connectivity index (χ3n) is 5.19. The molecule has 1 fully saturated rings. The summed E-state index contributed by atoms with van der Waals surface area (Å²) < 4.78 is 26.9. The fourth-order valence-corrected chi connectivity index (χ4v) is 7.36. The van der Waals surface area contributed by atoms with Crippen LogP contribution < -0.4 is 4.90 Å². The molecule has 1 aliphatic rings. The van der Waals surface area contributed by atoms with Crippen LogP contribution in [0.15, 0.2) is 57.2 Å². The highest BCUT2D eigenvalue weighted by molar-refractivity contribution is 9.10. The van der Waals surface area contributed by atoms with Gasteiger partial charge in [0.05, 0.1) is 20.9 Å². The summed E-state index contributed by atoms with van der Waals surface area (Å²) in [5.74, 6) is 0. The Morgan fingerprint density at radius 3 is 2.47 bits per heavy atom. The molecular formula is C21H19BrCl2N2O2S2. The fourth-order valence-electron chi connectivity index (χ4n) is 3.58. The largest absolute Gasteiger partial charge is 0.348 e. The second-order valence-corrected chi connectivity index (χ2v) is 12.0. The van der Waals surface area contributed by atoms with Crippen LogP contribution in [0.5, 0.6) is 0 Å². The molecule has 4 nitrogen and oxygen atoms in total. The van der Waals surface area contributed by atoms with E-state index in [4.69, 9.17) is 28.2 Å². The van der Waals surface area contributed by atoms with Crippen LogP contribution >= 0.6 is 50.5 Å². The molecule has 4 rings (SSSR count). The standard InChI is InChI=1S/C21H19BrCl2N2O2S2/c22-15-3-6-20(19(24)12-15)30(27,28)18-7-9-26(10-8-18)21-25-17(13-29-21)11-14-1-4-16(23)5-2-14/h1-6,12-13,18H,7-11H2. The first-order valence-electron chi connectivity index (χ1n) is 9.45. The minimum Gasteiger partial charge on any atom is -0.348 e. The lowest BCUT2D eigenvalue weighted by atomic mass is 10.1. The molecule has 0 spiro atoms. The topological polar surface area (TPSA) is 50.3 Å². The Morgan fingerprint density at radius 2 is 1.80 bits per heavy atom. The number of hydrogen-bond donors (Lipinski definition) is 0. The average molecular weight is 546 g/mol.